The quantitative estimate of drug-likeness (QED) is 0.522. The number of amides is 1. The molecule has 1 aromatic heterocycles. The molecule has 1 aliphatic heterocycles. The van der Waals surface area contributed by atoms with E-state index in [9.17, 15) is 27.2 Å². The third-order valence-corrected chi connectivity index (χ3v) is 5.49. The molecule has 0 unspecified atom stereocenters. The second-order valence-electron chi connectivity index (χ2n) is 8.24. The SMILES string of the molecule is Cc1cc(F)cc(C)c1NC(=O)c1cc(F)c(-n2nc3n(c2=O)CCCOC3)cc1OCC(F)(F)F. The van der Waals surface area contributed by atoms with E-state index >= 15 is 4.39 Å². The van der Waals surface area contributed by atoms with Gasteiger partial charge in [0.15, 0.2) is 12.4 Å². The van der Waals surface area contributed by atoms with E-state index in [2.05, 4.69) is 10.4 Å². The molecule has 2 aromatic carbocycles. The van der Waals surface area contributed by atoms with Crippen molar-refractivity contribution in [1.29, 1.82) is 0 Å². The van der Waals surface area contributed by atoms with Gasteiger partial charge >= 0.3 is 11.9 Å². The summed E-state index contributed by atoms with van der Waals surface area (Å²) < 4.78 is 79.6. The molecule has 0 saturated carbocycles. The molecule has 2 heterocycles. The lowest BCUT2D eigenvalue weighted by molar-refractivity contribution is -0.153. The van der Waals surface area contributed by atoms with Crippen LogP contribution < -0.4 is 15.7 Å². The first-order chi connectivity index (χ1) is 16.9. The summed E-state index contributed by atoms with van der Waals surface area (Å²) in [7, 11) is 0. The lowest BCUT2D eigenvalue weighted by Gasteiger charge is -2.17. The first-order valence-electron chi connectivity index (χ1n) is 10.8. The van der Waals surface area contributed by atoms with Gasteiger partial charge in [0.2, 0.25) is 0 Å². The molecule has 0 atom stereocenters. The van der Waals surface area contributed by atoms with E-state index in [0.29, 0.717) is 34.9 Å². The maximum Gasteiger partial charge on any atom is 0.422 e. The van der Waals surface area contributed by atoms with Crippen LogP contribution in [0.4, 0.5) is 27.6 Å². The monoisotopic (exact) mass is 512 g/mol. The van der Waals surface area contributed by atoms with E-state index < -0.39 is 53.0 Å². The lowest BCUT2D eigenvalue weighted by atomic mass is 10.1. The summed E-state index contributed by atoms with van der Waals surface area (Å²) >= 11 is 0. The number of nitrogens with zero attached hydrogens (tertiary/aromatic N) is 3. The molecular formula is C23H21F5N4O4. The summed E-state index contributed by atoms with van der Waals surface area (Å²) in [6, 6.07) is 3.80. The highest BCUT2D eigenvalue weighted by atomic mass is 19.4. The summed E-state index contributed by atoms with van der Waals surface area (Å²) in [5.74, 6) is -3.02. The molecule has 0 radical (unpaired) electrons. The van der Waals surface area contributed by atoms with E-state index in [1.54, 1.807) is 0 Å². The van der Waals surface area contributed by atoms with Crippen molar-refractivity contribution in [2.24, 2.45) is 0 Å². The highest BCUT2D eigenvalue weighted by Gasteiger charge is 2.30. The van der Waals surface area contributed by atoms with Gasteiger partial charge in [0.05, 0.1) is 5.56 Å². The number of anilines is 1. The molecule has 0 bridgehead atoms. The normalized spacial score (nSPS) is 13.8. The molecule has 1 amide bonds. The summed E-state index contributed by atoms with van der Waals surface area (Å²) in [5.41, 5.74) is -0.857. The number of carbonyl (C=O) groups excluding carboxylic acids is 1. The van der Waals surface area contributed by atoms with Crippen LogP contribution in [0.25, 0.3) is 5.69 Å². The molecular weight excluding hydrogens is 491 g/mol. The molecule has 4 rings (SSSR count). The highest BCUT2D eigenvalue weighted by Crippen LogP contribution is 2.29. The second kappa shape index (κ2) is 9.72. The number of alkyl halides is 3. The number of ether oxygens (including phenoxy) is 2. The maximum absolute atomic E-state index is 15.2. The molecule has 192 valence electrons. The standard InChI is InChI=1S/C23H21F5N4O4/c1-12-6-14(24)7-13(2)20(12)29-21(33)15-8-16(25)17(9-18(15)36-11-23(26,27)28)32-22(34)31-4-3-5-35-10-19(31)30-32/h6-9H,3-5,10-11H2,1-2H3,(H,29,33). The highest BCUT2D eigenvalue weighted by molar-refractivity contribution is 6.07. The number of halogens is 5. The van der Waals surface area contributed by atoms with Crippen molar-refractivity contribution in [3.63, 3.8) is 0 Å². The van der Waals surface area contributed by atoms with Crippen LogP contribution in [0.3, 0.4) is 0 Å². The minimum atomic E-state index is -4.76. The largest absolute Gasteiger partial charge is 0.483 e. The van der Waals surface area contributed by atoms with Gasteiger partial charge in [-0.3, -0.25) is 9.36 Å². The van der Waals surface area contributed by atoms with Crippen molar-refractivity contribution >= 4 is 11.6 Å². The third kappa shape index (κ3) is 5.25. The third-order valence-electron chi connectivity index (χ3n) is 5.49. The number of nitrogens with one attached hydrogen (secondary N) is 1. The van der Waals surface area contributed by atoms with Crippen molar-refractivity contribution < 1.29 is 36.2 Å². The minimum absolute atomic E-state index is 0.00183. The van der Waals surface area contributed by atoms with Crippen LogP contribution in [0.15, 0.2) is 29.1 Å². The number of benzene rings is 2. The molecule has 0 saturated heterocycles. The first-order valence-corrected chi connectivity index (χ1v) is 10.8. The van der Waals surface area contributed by atoms with Gasteiger partial charge in [0.1, 0.15) is 29.7 Å². The Morgan fingerprint density at radius 3 is 2.53 bits per heavy atom. The Bertz CT molecular complexity index is 1360. The lowest BCUT2D eigenvalue weighted by Crippen LogP contribution is -2.26. The zero-order chi connectivity index (χ0) is 26.2. The average Bonchev–Trinajstić information content (AvgIpc) is 2.94. The fourth-order valence-corrected chi connectivity index (χ4v) is 3.86. The number of carbonyl (C=O) groups is 1. The van der Waals surface area contributed by atoms with Gasteiger partial charge < -0.3 is 14.8 Å². The molecule has 0 aliphatic carbocycles. The van der Waals surface area contributed by atoms with Crippen LogP contribution >= 0.6 is 0 Å². The summed E-state index contributed by atoms with van der Waals surface area (Å²) in [6.07, 6.45) is -4.24. The Labute approximate surface area is 201 Å². The van der Waals surface area contributed by atoms with Gasteiger partial charge in [-0.15, -0.1) is 5.10 Å². The Balaban J connectivity index is 1.77. The van der Waals surface area contributed by atoms with Crippen molar-refractivity contribution in [3.05, 3.63) is 68.9 Å². The van der Waals surface area contributed by atoms with Gasteiger partial charge in [0.25, 0.3) is 5.91 Å². The number of aryl methyl sites for hydroxylation is 2. The van der Waals surface area contributed by atoms with Crippen LogP contribution in [-0.2, 0) is 17.9 Å². The molecule has 1 N–H and O–H groups in total. The number of aromatic nitrogens is 3. The maximum atomic E-state index is 15.2. The van der Waals surface area contributed by atoms with Gasteiger partial charge in [-0.2, -0.15) is 17.9 Å². The Morgan fingerprint density at radius 2 is 1.86 bits per heavy atom. The van der Waals surface area contributed by atoms with E-state index in [0.717, 1.165) is 18.2 Å². The van der Waals surface area contributed by atoms with Crippen molar-refractivity contribution in [3.8, 4) is 11.4 Å². The smallest absolute Gasteiger partial charge is 0.422 e. The van der Waals surface area contributed by atoms with Crippen molar-refractivity contribution in [2.75, 3.05) is 18.5 Å². The van der Waals surface area contributed by atoms with Crippen LogP contribution in [0.1, 0.15) is 33.7 Å². The average molecular weight is 512 g/mol. The number of hydrogen-bond acceptors (Lipinski definition) is 5. The van der Waals surface area contributed by atoms with E-state index in [1.165, 1.54) is 18.4 Å². The van der Waals surface area contributed by atoms with Crippen LogP contribution in [-0.4, -0.2) is 39.6 Å². The molecule has 36 heavy (non-hydrogen) atoms. The molecule has 0 spiro atoms. The number of hydrogen-bond donors (Lipinski definition) is 1. The van der Waals surface area contributed by atoms with Crippen LogP contribution in [0, 0.1) is 25.5 Å². The zero-order valence-corrected chi connectivity index (χ0v) is 19.2. The number of fused-ring (bicyclic) bond motifs is 1. The molecule has 13 heteroatoms. The predicted molar refractivity (Wildman–Crippen MR) is 117 cm³/mol. The van der Waals surface area contributed by atoms with E-state index in [1.807, 2.05) is 0 Å². The zero-order valence-electron chi connectivity index (χ0n) is 19.2. The topological polar surface area (TPSA) is 87.4 Å². The van der Waals surface area contributed by atoms with E-state index in [4.69, 9.17) is 9.47 Å². The predicted octanol–water partition coefficient (Wildman–Crippen LogP) is 4.04. The second-order valence-corrected chi connectivity index (χ2v) is 8.24. The summed E-state index contributed by atoms with van der Waals surface area (Å²) in [4.78, 5) is 25.8. The Kier molecular flexibility index (Phi) is 6.85. The van der Waals surface area contributed by atoms with Gasteiger partial charge in [-0.1, -0.05) is 0 Å². The number of rotatable bonds is 5. The molecule has 0 fully saturated rings. The summed E-state index contributed by atoms with van der Waals surface area (Å²) in [5, 5.41) is 6.52. The minimum Gasteiger partial charge on any atom is -0.483 e. The Hall–Kier alpha value is -3.74. The summed E-state index contributed by atoms with van der Waals surface area (Å²) in [6.45, 7) is 1.95. The van der Waals surface area contributed by atoms with Crippen molar-refractivity contribution in [2.45, 2.75) is 39.6 Å². The Morgan fingerprint density at radius 1 is 1.17 bits per heavy atom. The van der Waals surface area contributed by atoms with Crippen LogP contribution in [0.5, 0.6) is 5.75 Å². The van der Waals surface area contributed by atoms with Crippen LogP contribution in [0.2, 0.25) is 0 Å². The fraction of sp³-hybridized carbons (Fsp3) is 0.348. The fourth-order valence-electron chi connectivity index (χ4n) is 3.86. The van der Waals surface area contributed by atoms with Gasteiger partial charge in [0, 0.05) is 24.9 Å². The molecule has 1 aliphatic rings. The van der Waals surface area contributed by atoms with E-state index in [-0.39, 0.29) is 24.7 Å². The molecule has 3 aromatic rings. The first kappa shape index (κ1) is 25.4. The molecule has 8 nitrogen and oxygen atoms in total. The van der Waals surface area contributed by atoms with Crippen molar-refractivity contribution in [1.82, 2.24) is 14.3 Å². The van der Waals surface area contributed by atoms with Gasteiger partial charge in [-0.05, 0) is 49.6 Å². The van der Waals surface area contributed by atoms with Gasteiger partial charge in [-0.25, -0.2) is 13.6 Å².